The number of imidazole rings is 2. The Kier molecular flexibility index (Phi) is 8.99. The van der Waals surface area contributed by atoms with Crippen molar-refractivity contribution < 1.29 is 38.0 Å². The molecular formula is C30H32ClF2N9O6. The molecule has 0 aliphatic carbocycles. The summed E-state index contributed by atoms with van der Waals surface area (Å²) in [4.78, 5) is 36.8. The Morgan fingerprint density at radius 2 is 1.54 bits per heavy atom. The number of aromatic nitrogens is 8. The molecule has 4 N–H and O–H groups in total. The van der Waals surface area contributed by atoms with Gasteiger partial charge in [0.25, 0.3) is 0 Å². The third kappa shape index (κ3) is 5.60. The quantitative estimate of drug-likeness (QED) is 0.174. The topological polar surface area (TPSA) is 198 Å². The molecule has 4 aromatic heterocycles. The molecule has 0 spiro atoms. The minimum Gasteiger partial charge on any atom is -0.448 e. The summed E-state index contributed by atoms with van der Waals surface area (Å²) in [6, 6.07) is 8.44. The second kappa shape index (κ2) is 12.9. The number of fused-ring (bicyclic) bond motifs is 2. The van der Waals surface area contributed by atoms with E-state index in [1.807, 2.05) is 6.92 Å². The molecule has 0 bridgehead atoms. The molecule has 15 nitrogen and oxygen atoms in total. The van der Waals surface area contributed by atoms with Crippen LogP contribution >= 0.6 is 11.6 Å². The van der Waals surface area contributed by atoms with Crippen LogP contribution in [0.1, 0.15) is 50.0 Å². The number of nitrogen functional groups attached to an aromatic ring is 1. The van der Waals surface area contributed by atoms with Gasteiger partial charge in [-0.25, -0.2) is 43.5 Å². The zero-order chi connectivity index (χ0) is 34.4. The summed E-state index contributed by atoms with van der Waals surface area (Å²) in [5.41, 5.74) is 4.00. The highest BCUT2D eigenvalue weighted by Crippen LogP contribution is 2.45. The summed E-state index contributed by atoms with van der Waals surface area (Å²) in [6.45, 7) is 4.10. The molecule has 2 saturated heterocycles. The van der Waals surface area contributed by atoms with Gasteiger partial charge in [-0.1, -0.05) is 36.7 Å². The van der Waals surface area contributed by atoms with Crippen LogP contribution in [0.4, 0.5) is 14.6 Å². The van der Waals surface area contributed by atoms with Crippen LogP contribution in [-0.2, 0) is 14.2 Å². The number of rotatable bonds is 6. The molecule has 0 saturated carbocycles. The fourth-order valence-corrected chi connectivity index (χ4v) is 6.04. The van der Waals surface area contributed by atoms with Gasteiger partial charge in [0.15, 0.2) is 52.7 Å². The molecule has 254 valence electrons. The zero-order valence-corrected chi connectivity index (χ0v) is 26.6. The van der Waals surface area contributed by atoms with Crippen LogP contribution in [0, 0.1) is 0 Å². The van der Waals surface area contributed by atoms with Crippen LogP contribution in [0.25, 0.3) is 22.3 Å². The van der Waals surface area contributed by atoms with Gasteiger partial charge in [0.2, 0.25) is 0 Å². The lowest BCUT2D eigenvalue weighted by molar-refractivity contribution is -0.0975. The van der Waals surface area contributed by atoms with Crippen LogP contribution in [-0.4, -0.2) is 97.6 Å². The Bertz CT molecular complexity index is 1930. The number of halogens is 3. The first-order valence-electron chi connectivity index (χ1n) is 14.9. The van der Waals surface area contributed by atoms with Gasteiger partial charge < -0.3 is 30.2 Å². The highest BCUT2D eigenvalue weighted by atomic mass is 35.5. The Morgan fingerprint density at radius 3 is 2.19 bits per heavy atom. The average Bonchev–Trinajstić information content (AvgIpc) is 3.82. The second-order valence-electron chi connectivity index (χ2n) is 11.7. The van der Waals surface area contributed by atoms with E-state index >= 15 is 4.39 Å². The number of carbonyl (C=O) groups is 1. The number of esters is 1. The van der Waals surface area contributed by atoms with E-state index < -0.39 is 60.8 Å². The van der Waals surface area contributed by atoms with Gasteiger partial charge in [-0.05, 0) is 32.4 Å². The first kappa shape index (κ1) is 33.5. The summed E-state index contributed by atoms with van der Waals surface area (Å²) in [5, 5.41) is 19.6. The van der Waals surface area contributed by atoms with E-state index in [2.05, 4.69) is 29.9 Å². The molecule has 6 heterocycles. The number of aliphatic hydroxyl groups excluding tert-OH is 1. The Labute approximate surface area is 276 Å². The largest absolute Gasteiger partial charge is 0.448 e. The van der Waals surface area contributed by atoms with Crippen LogP contribution in [0.5, 0.6) is 0 Å². The normalized spacial score (nSPS) is 30.0. The van der Waals surface area contributed by atoms with Gasteiger partial charge in [-0.2, -0.15) is 0 Å². The monoisotopic (exact) mass is 687 g/mol. The van der Waals surface area contributed by atoms with Crippen molar-refractivity contribution in [2.45, 2.75) is 75.4 Å². The summed E-state index contributed by atoms with van der Waals surface area (Å²) in [5.74, 6) is -0.449. The molecule has 48 heavy (non-hydrogen) atoms. The van der Waals surface area contributed by atoms with E-state index in [1.54, 1.807) is 30.3 Å². The first-order valence-corrected chi connectivity index (χ1v) is 15.3. The average molecular weight is 688 g/mol. The van der Waals surface area contributed by atoms with Crippen molar-refractivity contribution in [1.82, 2.24) is 39.0 Å². The maximum Gasteiger partial charge on any atom is 0.338 e. The molecule has 2 aliphatic heterocycles. The number of ether oxygens (including phenoxy) is 3. The molecular weight excluding hydrogens is 656 g/mol. The molecule has 0 amide bonds. The zero-order valence-electron chi connectivity index (χ0n) is 25.9. The fraction of sp³-hybridized carbons (Fsp3) is 0.433. The number of hydrogen-bond acceptors (Lipinski definition) is 13. The highest BCUT2D eigenvalue weighted by Gasteiger charge is 2.58. The number of benzene rings is 1. The van der Waals surface area contributed by atoms with Crippen LogP contribution in [0.2, 0.25) is 5.15 Å². The lowest BCUT2D eigenvalue weighted by Crippen LogP contribution is -2.45. The predicted molar refractivity (Wildman–Crippen MR) is 166 cm³/mol. The summed E-state index contributed by atoms with van der Waals surface area (Å²) >= 11 is 6.07. The maximum atomic E-state index is 15.3. The van der Waals surface area contributed by atoms with Crippen LogP contribution in [0.15, 0.2) is 55.6 Å². The third-order valence-corrected chi connectivity index (χ3v) is 8.74. The summed E-state index contributed by atoms with van der Waals surface area (Å²) < 4.78 is 49.3. The number of alkyl halides is 2. The molecule has 2 fully saturated rings. The van der Waals surface area contributed by atoms with Crippen molar-refractivity contribution >= 4 is 45.7 Å². The van der Waals surface area contributed by atoms with Crippen molar-refractivity contribution in [3.63, 3.8) is 0 Å². The van der Waals surface area contributed by atoms with E-state index in [0.717, 1.165) is 0 Å². The lowest BCUT2D eigenvalue weighted by atomic mass is 9.96. The molecule has 7 rings (SSSR count). The summed E-state index contributed by atoms with van der Waals surface area (Å²) in [6.07, 6.45) is -1.40. The van der Waals surface area contributed by atoms with Gasteiger partial charge in [-0.3, -0.25) is 9.13 Å². The second-order valence-corrected chi connectivity index (χ2v) is 12.0. The van der Waals surface area contributed by atoms with Crippen molar-refractivity contribution in [3.8, 4) is 0 Å². The van der Waals surface area contributed by atoms with E-state index in [1.165, 1.54) is 48.3 Å². The van der Waals surface area contributed by atoms with E-state index in [4.69, 9.17) is 36.7 Å². The van der Waals surface area contributed by atoms with E-state index in [9.17, 15) is 14.3 Å². The molecule has 5 aromatic rings. The SMILES string of the molecule is CC[C@H]1O[C@@H](n2cnc3c(Cl)ncnc32)[C@](C)(OC(=O)c2ccccc2)[C@@H]1F.C[C@@]1(O)[C@H](F)[C@@H](CO)O[C@H]1n1cnc2c(N)ncnc21. The molecule has 8 atom stereocenters. The number of hydrogen-bond donors (Lipinski definition) is 3. The Morgan fingerprint density at radius 1 is 0.938 bits per heavy atom. The highest BCUT2D eigenvalue weighted by molar-refractivity contribution is 6.33. The lowest BCUT2D eigenvalue weighted by Gasteiger charge is -2.31. The molecule has 1 aromatic carbocycles. The predicted octanol–water partition coefficient (Wildman–Crippen LogP) is 3.13. The van der Waals surface area contributed by atoms with Gasteiger partial charge in [-0.15, -0.1) is 0 Å². The van der Waals surface area contributed by atoms with Gasteiger partial charge >= 0.3 is 5.97 Å². The van der Waals surface area contributed by atoms with Crippen molar-refractivity contribution in [3.05, 3.63) is 66.4 Å². The van der Waals surface area contributed by atoms with Gasteiger partial charge in [0.05, 0.1) is 30.9 Å². The first-order chi connectivity index (χ1) is 22.9. The van der Waals surface area contributed by atoms with Crippen molar-refractivity contribution in [2.24, 2.45) is 0 Å². The molecule has 0 radical (unpaired) electrons. The van der Waals surface area contributed by atoms with Crippen LogP contribution in [0.3, 0.4) is 0 Å². The summed E-state index contributed by atoms with van der Waals surface area (Å²) in [7, 11) is 0. The Balaban J connectivity index is 0.000000177. The van der Waals surface area contributed by atoms with Gasteiger partial charge in [0, 0.05) is 0 Å². The fourth-order valence-electron chi connectivity index (χ4n) is 5.86. The minimum absolute atomic E-state index is 0.175. The number of nitrogens with zero attached hydrogens (tertiary/aromatic N) is 8. The molecule has 2 aliphatic rings. The number of aliphatic hydroxyl groups is 2. The molecule has 0 unspecified atom stereocenters. The number of anilines is 1. The van der Waals surface area contributed by atoms with Crippen molar-refractivity contribution in [2.75, 3.05) is 12.3 Å². The van der Waals surface area contributed by atoms with Crippen molar-refractivity contribution in [1.29, 1.82) is 0 Å². The van der Waals surface area contributed by atoms with E-state index in [-0.39, 0.29) is 11.0 Å². The maximum absolute atomic E-state index is 15.3. The standard InChI is InChI=1S/C19H18ClFN4O3.C11H14FN5O3/c1-3-12-14(21)19(2,28-17(26)11-7-5-4-6-8-11)18(27-12)25-10-24-13-15(20)22-9-23-16(13)25;1-11(19)7(12)5(2-18)20-10(11)17-4-16-6-8(13)14-3-15-9(6)17/h4-10,12,14,18H,3H2,1-2H3;3-5,7,10,18-19H,2H2,1H3,(H2,13,14,15)/t12-,14-,18-,19-;5-,7-,10-,11-/m11/s1. The third-order valence-electron chi connectivity index (χ3n) is 8.47. The minimum atomic E-state index is -1.82. The number of carbonyl (C=O) groups excluding carboxylic acids is 1. The van der Waals surface area contributed by atoms with Crippen LogP contribution < -0.4 is 5.73 Å². The smallest absolute Gasteiger partial charge is 0.338 e. The van der Waals surface area contributed by atoms with E-state index in [0.29, 0.717) is 34.3 Å². The molecule has 18 heteroatoms. The van der Waals surface area contributed by atoms with Gasteiger partial charge in [0.1, 0.15) is 35.4 Å². The Hall–Kier alpha value is -4.42. The number of nitrogens with two attached hydrogens (primary N) is 1.